The molecule has 2 heteroatoms. The lowest BCUT2D eigenvalue weighted by molar-refractivity contribution is 0.313. The molecule has 1 fully saturated rings. The summed E-state index contributed by atoms with van der Waals surface area (Å²) in [5, 5.41) is 0. The predicted octanol–water partition coefficient (Wildman–Crippen LogP) is 4.30. The zero-order valence-electron chi connectivity index (χ0n) is 13.3. The third-order valence-electron chi connectivity index (χ3n) is 5.01. The van der Waals surface area contributed by atoms with Crippen molar-refractivity contribution in [2.45, 2.75) is 12.8 Å². The van der Waals surface area contributed by atoms with Crippen molar-refractivity contribution in [3.05, 3.63) is 65.2 Å². The van der Waals surface area contributed by atoms with Gasteiger partial charge in [0.2, 0.25) is 0 Å². The van der Waals surface area contributed by atoms with Crippen molar-refractivity contribution in [3.63, 3.8) is 0 Å². The molecule has 1 saturated heterocycles. The van der Waals surface area contributed by atoms with Crippen molar-refractivity contribution in [1.82, 2.24) is 4.90 Å². The Morgan fingerprint density at radius 1 is 0.727 bits per heavy atom. The van der Waals surface area contributed by atoms with E-state index in [0.29, 0.717) is 0 Å². The Bertz CT molecular complexity index is 685. The van der Waals surface area contributed by atoms with Gasteiger partial charge in [0.15, 0.2) is 0 Å². The van der Waals surface area contributed by atoms with Crippen LogP contribution in [0.3, 0.4) is 0 Å². The molecule has 0 radical (unpaired) electrons. The first kappa shape index (κ1) is 13.6. The Balaban J connectivity index is 1.95. The number of piperidine rings is 1. The fourth-order valence-corrected chi connectivity index (χ4v) is 3.75. The number of fused-ring (bicyclic) bond motifs is 2. The van der Waals surface area contributed by atoms with E-state index in [1.165, 1.54) is 54.0 Å². The maximum atomic E-state index is 2.43. The number of benzene rings is 2. The first-order chi connectivity index (χ1) is 10.8. The molecule has 0 atom stereocenters. The van der Waals surface area contributed by atoms with Crippen molar-refractivity contribution in [1.29, 1.82) is 0 Å². The Morgan fingerprint density at radius 2 is 1.23 bits per heavy atom. The highest BCUT2D eigenvalue weighted by atomic mass is 15.1. The molecule has 2 nitrogen and oxygen atoms in total. The standard InChI is InChI=1S/C20H22N2/c1-21-13-11-15(12-14-21)20-16-7-3-5-9-18(16)22(2)19-10-6-4-8-17(19)20/h3-10H,11-14H2,1-2H3. The highest BCUT2D eigenvalue weighted by Gasteiger charge is 2.26. The number of likely N-dealkylation sites (tertiary alicyclic amines) is 1. The van der Waals surface area contributed by atoms with Gasteiger partial charge in [-0.1, -0.05) is 42.0 Å². The van der Waals surface area contributed by atoms with Crippen LogP contribution in [0.2, 0.25) is 0 Å². The summed E-state index contributed by atoms with van der Waals surface area (Å²) >= 11 is 0. The molecule has 0 aliphatic carbocycles. The van der Waals surface area contributed by atoms with Crippen molar-refractivity contribution in [3.8, 4) is 0 Å². The third kappa shape index (κ3) is 2.06. The third-order valence-corrected chi connectivity index (χ3v) is 5.01. The molecule has 2 aliphatic heterocycles. The molecule has 0 aromatic heterocycles. The minimum absolute atomic E-state index is 1.17. The van der Waals surface area contributed by atoms with Crippen LogP contribution >= 0.6 is 0 Å². The molecule has 0 N–H and O–H groups in total. The molecule has 2 heterocycles. The van der Waals surface area contributed by atoms with Gasteiger partial charge in [0.25, 0.3) is 0 Å². The van der Waals surface area contributed by atoms with Crippen LogP contribution in [0, 0.1) is 0 Å². The molecular weight excluding hydrogens is 268 g/mol. The fourth-order valence-electron chi connectivity index (χ4n) is 3.75. The van der Waals surface area contributed by atoms with Gasteiger partial charge >= 0.3 is 0 Å². The summed E-state index contributed by atoms with van der Waals surface area (Å²) in [4.78, 5) is 4.75. The molecular formula is C20H22N2. The van der Waals surface area contributed by atoms with Crippen LogP contribution in [-0.2, 0) is 0 Å². The van der Waals surface area contributed by atoms with E-state index >= 15 is 0 Å². The van der Waals surface area contributed by atoms with E-state index in [0.717, 1.165) is 0 Å². The summed E-state index contributed by atoms with van der Waals surface area (Å²) in [7, 11) is 4.39. The zero-order chi connectivity index (χ0) is 15.1. The quantitative estimate of drug-likeness (QED) is 0.714. The second-order valence-electron chi connectivity index (χ2n) is 6.38. The number of nitrogens with zero attached hydrogens (tertiary/aromatic N) is 2. The van der Waals surface area contributed by atoms with E-state index < -0.39 is 0 Å². The summed E-state index contributed by atoms with van der Waals surface area (Å²) in [5.74, 6) is 0. The molecule has 4 rings (SSSR count). The molecule has 0 bridgehead atoms. The minimum atomic E-state index is 1.17. The molecule has 112 valence electrons. The van der Waals surface area contributed by atoms with Gasteiger partial charge < -0.3 is 9.80 Å². The number of hydrogen-bond donors (Lipinski definition) is 0. The second kappa shape index (κ2) is 5.29. The monoisotopic (exact) mass is 290 g/mol. The van der Waals surface area contributed by atoms with Crippen molar-refractivity contribution in [2.24, 2.45) is 0 Å². The maximum absolute atomic E-state index is 2.43. The molecule has 2 aliphatic rings. The zero-order valence-corrected chi connectivity index (χ0v) is 13.3. The smallest absolute Gasteiger partial charge is 0.0488 e. The minimum Gasteiger partial charge on any atom is -0.344 e. The highest BCUT2D eigenvalue weighted by molar-refractivity contribution is 5.98. The van der Waals surface area contributed by atoms with Gasteiger partial charge in [-0.15, -0.1) is 0 Å². The summed E-state index contributed by atoms with van der Waals surface area (Å²) in [6, 6.07) is 17.6. The first-order valence-electron chi connectivity index (χ1n) is 8.09. The summed E-state index contributed by atoms with van der Waals surface area (Å²) in [5.41, 5.74) is 8.53. The van der Waals surface area contributed by atoms with E-state index in [9.17, 15) is 0 Å². The van der Waals surface area contributed by atoms with Crippen LogP contribution < -0.4 is 4.90 Å². The van der Waals surface area contributed by atoms with E-state index in [1.807, 2.05) is 0 Å². The van der Waals surface area contributed by atoms with Gasteiger partial charge in [-0.05, 0) is 37.6 Å². The Hall–Kier alpha value is -2.06. The van der Waals surface area contributed by atoms with Crippen molar-refractivity contribution < 1.29 is 0 Å². The first-order valence-corrected chi connectivity index (χ1v) is 8.09. The van der Waals surface area contributed by atoms with Crippen LogP contribution in [0.5, 0.6) is 0 Å². The van der Waals surface area contributed by atoms with Crippen LogP contribution in [-0.4, -0.2) is 32.1 Å². The summed E-state index contributed by atoms with van der Waals surface area (Å²) in [6.45, 7) is 2.33. The fraction of sp³-hybridized carbons (Fsp3) is 0.300. The van der Waals surface area contributed by atoms with Crippen LogP contribution in [0.1, 0.15) is 24.0 Å². The highest BCUT2D eigenvalue weighted by Crippen LogP contribution is 2.46. The van der Waals surface area contributed by atoms with Gasteiger partial charge in [-0.2, -0.15) is 0 Å². The molecule has 0 amide bonds. The van der Waals surface area contributed by atoms with Crippen LogP contribution in [0.15, 0.2) is 54.1 Å². The maximum Gasteiger partial charge on any atom is 0.0488 e. The number of para-hydroxylation sites is 2. The number of hydrogen-bond acceptors (Lipinski definition) is 2. The Morgan fingerprint density at radius 3 is 1.77 bits per heavy atom. The number of anilines is 2. The van der Waals surface area contributed by atoms with Crippen molar-refractivity contribution >= 4 is 16.9 Å². The lowest BCUT2D eigenvalue weighted by atomic mass is 9.84. The van der Waals surface area contributed by atoms with Gasteiger partial charge in [0, 0.05) is 42.6 Å². The van der Waals surface area contributed by atoms with Crippen LogP contribution in [0.25, 0.3) is 5.57 Å². The Labute approximate surface area is 132 Å². The topological polar surface area (TPSA) is 6.48 Å². The lowest BCUT2D eigenvalue weighted by Crippen LogP contribution is -2.27. The second-order valence-corrected chi connectivity index (χ2v) is 6.38. The van der Waals surface area contributed by atoms with Crippen molar-refractivity contribution in [2.75, 3.05) is 32.1 Å². The van der Waals surface area contributed by atoms with E-state index in [-0.39, 0.29) is 0 Å². The lowest BCUT2D eigenvalue weighted by Gasteiger charge is -2.35. The van der Waals surface area contributed by atoms with Crippen LogP contribution in [0.4, 0.5) is 11.4 Å². The Kier molecular flexibility index (Phi) is 3.27. The molecule has 2 aromatic rings. The molecule has 0 unspecified atom stereocenters. The normalized spacial score (nSPS) is 18.2. The summed E-state index contributed by atoms with van der Waals surface area (Å²) in [6.07, 6.45) is 2.36. The number of rotatable bonds is 0. The predicted molar refractivity (Wildman–Crippen MR) is 93.7 cm³/mol. The van der Waals surface area contributed by atoms with E-state index in [4.69, 9.17) is 0 Å². The van der Waals surface area contributed by atoms with Gasteiger partial charge in [-0.25, -0.2) is 0 Å². The van der Waals surface area contributed by atoms with E-state index in [1.54, 1.807) is 5.57 Å². The molecule has 2 aromatic carbocycles. The molecule has 0 spiro atoms. The van der Waals surface area contributed by atoms with Gasteiger partial charge in [-0.3, -0.25) is 0 Å². The molecule has 22 heavy (non-hydrogen) atoms. The average Bonchev–Trinajstić information content (AvgIpc) is 2.57. The van der Waals surface area contributed by atoms with Gasteiger partial charge in [0.05, 0.1) is 0 Å². The molecule has 0 saturated carbocycles. The van der Waals surface area contributed by atoms with E-state index in [2.05, 4.69) is 72.4 Å². The van der Waals surface area contributed by atoms with Gasteiger partial charge in [0.1, 0.15) is 0 Å². The largest absolute Gasteiger partial charge is 0.344 e. The SMILES string of the molecule is CN1CCC(=C2c3ccccc3N(C)c3ccccc32)CC1. The average molecular weight is 290 g/mol. The summed E-state index contributed by atoms with van der Waals surface area (Å²) < 4.78 is 0.